The van der Waals surface area contributed by atoms with Gasteiger partial charge in [0.1, 0.15) is 0 Å². The van der Waals surface area contributed by atoms with Gasteiger partial charge in [-0.1, -0.05) is 29.3 Å². The van der Waals surface area contributed by atoms with Gasteiger partial charge >= 0.3 is 0 Å². The van der Waals surface area contributed by atoms with Crippen LogP contribution >= 0.6 is 23.2 Å². The molecule has 0 aliphatic rings. The van der Waals surface area contributed by atoms with Gasteiger partial charge in [-0.05, 0) is 24.3 Å². The van der Waals surface area contributed by atoms with Gasteiger partial charge < -0.3 is 10.3 Å². The number of benzene rings is 1. The molecule has 0 saturated carbocycles. The second kappa shape index (κ2) is 5.31. The molecule has 0 spiro atoms. The number of fused-ring (bicyclic) bond motifs is 1. The van der Waals surface area contributed by atoms with Gasteiger partial charge in [0.25, 0.3) is 0 Å². The van der Waals surface area contributed by atoms with E-state index in [0.717, 1.165) is 23.1 Å². The average molecular weight is 307 g/mol. The predicted octanol–water partition coefficient (Wildman–Crippen LogP) is 3.56. The van der Waals surface area contributed by atoms with E-state index in [0.29, 0.717) is 22.5 Å². The smallest absolute Gasteiger partial charge is 0.201 e. The van der Waals surface area contributed by atoms with E-state index in [9.17, 15) is 0 Å². The van der Waals surface area contributed by atoms with Crippen molar-refractivity contribution in [3.63, 3.8) is 0 Å². The van der Waals surface area contributed by atoms with Crippen LogP contribution in [0.3, 0.4) is 0 Å². The minimum absolute atomic E-state index is 0.453. The molecular weight excluding hydrogens is 295 g/mol. The van der Waals surface area contributed by atoms with Crippen LogP contribution in [-0.2, 0) is 13.0 Å². The molecule has 20 heavy (non-hydrogen) atoms. The maximum absolute atomic E-state index is 6.06. The standard InChI is InChI=1S/C14H12Cl2N4/c15-10-7-12-13(8-11(10)16)20(14(17)19-12)6-4-9-3-1-2-5-18-9/h1-3,5,7-8H,4,6H2,(H2,17,19). The quantitative estimate of drug-likeness (QED) is 0.805. The van der Waals surface area contributed by atoms with Crippen molar-refractivity contribution in [1.29, 1.82) is 0 Å². The summed E-state index contributed by atoms with van der Waals surface area (Å²) < 4.78 is 1.92. The summed E-state index contributed by atoms with van der Waals surface area (Å²) in [4.78, 5) is 8.60. The van der Waals surface area contributed by atoms with Crippen LogP contribution in [0.4, 0.5) is 5.95 Å². The molecule has 102 valence electrons. The van der Waals surface area contributed by atoms with Gasteiger partial charge in [0.15, 0.2) is 0 Å². The summed E-state index contributed by atoms with van der Waals surface area (Å²) in [5, 5.41) is 0.978. The lowest BCUT2D eigenvalue weighted by molar-refractivity contribution is 0.713. The van der Waals surface area contributed by atoms with Crippen molar-refractivity contribution in [1.82, 2.24) is 14.5 Å². The lowest BCUT2D eigenvalue weighted by atomic mass is 10.2. The van der Waals surface area contributed by atoms with E-state index in [2.05, 4.69) is 9.97 Å². The van der Waals surface area contributed by atoms with Crippen LogP contribution in [0.5, 0.6) is 0 Å². The molecule has 0 bridgehead atoms. The van der Waals surface area contributed by atoms with Crippen molar-refractivity contribution < 1.29 is 0 Å². The van der Waals surface area contributed by atoms with Crippen LogP contribution in [0, 0.1) is 0 Å². The number of rotatable bonds is 3. The van der Waals surface area contributed by atoms with Crippen LogP contribution in [-0.4, -0.2) is 14.5 Å². The van der Waals surface area contributed by atoms with Crippen LogP contribution in [0.25, 0.3) is 11.0 Å². The molecule has 0 unspecified atom stereocenters. The summed E-state index contributed by atoms with van der Waals surface area (Å²) in [6.07, 6.45) is 2.55. The third-order valence-electron chi connectivity index (χ3n) is 3.14. The van der Waals surface area contributed by atoms with E-state index in [4.69, 9.17) is 28.9 Å². The number of anilines is 1. The molecule has 0 saturated heterocycles. The SMILES string of the molecule is Nc1nc2cc(Cl)c(Cl)cc2n1CCc1ccccn1. The molecule has 2 aromatic heterocycles. The van der Waals surface area contributed by atoms with Gasteiger partial charge in [-0.2, -0.15) is 0 Å². The Balaban J connectivity index is 1.95. The molecule has 0 radical (unpaired) electrons. The molecule has 3 aromatic rings. The van der Waals surface area contributed by atoms with Crippen LogP contribution in [0.2, 0.25) is 10.0 Å². The molecule has 2 N–H and O–H groups in total. The normalized spacial score (nSPS) is 11.1. The van der Waals surface area contributed by atoms with Crippen molar-refractivity contribution in [2.75, 3.05) is 5.73 Å². The molecule has 0 amide bonds. The number of pyridine rings is 1. The Kier molecular flexibility index (Phi) is 3.51. The lowest BCUT2D eigenvalue weighted by Crippen LogP contribution is -2.06. The van der Waals surface area contributed by atoms with Gasteiger partial charge in [0.05, 0.1) is 21.1 Å². The van der Waals surface area contributed by atoms with E-state index < -0.39 is 0 Å². The maximum atomic E-state index is 6.06. The zero-order valence-electron chi connectivity index (χ0n) is 10.6. The Morgan fingerprint density at radius 2 is 1.95 bits per heavy atom. The third-order valence-corrected chi connectivity index (χ3v) is 3.86. The van der Waals surface area contributed by atoms with Crippen LogP contribution in [0.1, 0.15) is 5.69 Å². The Bertz CT molecular complexity index is 753. The third kappa shape index (κ3) is 2.44. The summed E-state index contributed by atoms with van der Waals surface area (Å²) >= 11 is 12.1. The molecular formula is C14H12Cl2N4. The van der Waals surface area contributed by atoms with Crippen LogP contribution < -0.4 is 5.73 Å². The van der Waals surface area contributed by atoms with E-state index in [-0.39, 0.29) is 0 Å². The van der Waals surface area contributed by atoms with Crippen LogP contribution in [0.15, 0.2) is 36.5 Å². The fraction of sp³-hybridized carbons (Fsp3) is 0.143. The second-order valence-electron chi connectivity index (χ2n) is 4.45. The molecule has 1 aromatic carbocycles. The maximum Gasteiger partial charge on any atom is 0.201 e. The minimum atomic E-state index is 0.453. The highest BCUT2D eigenvalue weighted by Crippen LogP contribution is 2.29. The Hall–Kier alpha value is -1.78. The molecule has 0 atom stereocenters. The van der Waals surface area contributed by atoms with Gasteiger partial charge in [0.2, 0.25) is 5.95 Å². The van der Waals surface area contributed by atoms with Gasteiger partial charge in [-0.3, -0.25) is 4.98 Å². The molecule has 0 aliphatic heterocycles. The largest absolute Gasteiger partial charge is 0.369 e. The second-order valence-corrected chi connectivity index (χ2v) is 5.26. The number of hydrogen-bond donors (Lipinski definition) is 1. The Morgan fingerprint density at radius 1 is 1.15 bits per heavy atom. The number of halogens is 2. The molecule has 2 heterocycles. The van der Waals surface area contributed by atoms with Gasteiger partial charge in [-0.15, -0.1) is 0 Å². The Labute approximate surface area is 126 Å². The first-order valence-electron chi connectivity index (χ1n) is 6.16. The Morgan fingerprint density at radius 3 is 2.70 bits per heavy atom. The van der Waals surface area contributed by atoms with Crippen molar-refractivity contribution in [2.24, 2.45) is 0 Å². The molecule has 0 aliphatic carbocycles. The first kappa shape index (κ1) is 13.2. The summed E-state index contributed by atoms with van der Waals surface area (Å²) in [5.74, 6) is 0.453. The average Bonchev–Trinajstić information content (AvgIpc) is 2.73. The van der Waals surface area contributed by atoms with E-state index in [1.807, 2.05) is 22.8 Å². The zero-order chi connectivity index (χ0) is 14.1. The number of nitrogens with two attached hydrogens (primary N) is 1. The van der Waals surface area contributed by atoms with Crippen molar-refractivity contribution in [3.8, 4) is 0 Å². The lowest BCUT2D eigenvalue weighted by Gasteiger charge is -2.06. The van der Waals surface area contributed by atoms with Gasteiger partial charge in [0, 0.05) is 24.9 Å². The number of nitrogen functional groups attached to an aromatic ring is 1. The number of nitrogens with zero attached hydrogens (tertiary/aromatic N) is 3. The van der Waals surface area contributed by atoms with E-state index in [1.54, 1.807) is 18.3 Å². The number of imidazole rings is 1. The van der Waals surface area contributed by atoms with Crippen molar-refractivity contribution in [3.05, 3.63) is 52.3 Å². The van der Waals surface area contributed by atoms with E-state index in [1.165, 1.54) is 0 Å². The fourth-order valence-electron chi connectivity index (χ4n) is 2.15. The first-order valence-corrected chi connectivity index (χ1v) is 6.91. The number of hydrogen-bond acceptors (Lipinski definition) is 3. The number of aryl methyl sites for hydroxylation is 2. The monoisotopic (exact) mass is 306 g/mol. The van der Waals surface area contributed by atoms with Crippen molar-refractivity contribution >= 4 is 40.2 Å². The molecule has 0 fully saturated rings. The topological polar surface area (TPSA) is 56.7 Å². The van der Waals surface area contributed by atoms with Gasteiger partial charge in [-0.25, -0.2) is 4.98 Å². The molecule has 3 rings (SSSR count). The summed E-state index contributed by atoms with van der Waals surface area (Å²) in [7, 11) is 0. The highest BCUT2D eigenvalue weighted by atomic mass is 35.5. The summed E-state index contributed by atoms with van der Waals surface area (Å²) in [6, 6.07) is 9.37. The summed E-state index contributed by atoms with van der Waals surface area (Å²) in [5.41, 5.74) is 8.60. The predicted molar refractivity (Wildman–Crippen MR) is 82.1 cm³/mol. The zero-order valence-corrected chi connectivity index (χ0v) is 12.1. The highest BCUT2D eigenvalue weighted by Gasteiger charge is 2.11. The van der Waals surface area contributed by atoms with Crippen molar-refractivity contribution in [2.45, 2.75) is 13.0 Å². The molecule has 6 heteroatoms. The summed E-state index contributed by atoms with van der Waals surface area (Å²) in [6.45, 7) is 0.692. The highest BCUT2D eigenvalue weighted by molar-refractivity contribution is 6.42. The number of aromatic nitrogens is 3. The fourth-order valence-corrected chi connectivity index (χ4v) is 2.46. The van der Waals surface area contributed by atoms with E-state index >= 15 is 0 Å². The minimum Gasteiger partial charge on any atom is -0.369 e. The molecule has 4 nitrogen and oxygen atoms in total. The first-order chi connectivity index (χ1) is 9.65.